The molecule has 1 amide bonds. The average Bonchev–Trinajstić information content (AvgIpc) is 2.75. The number of amides is 1. The van der Waals surface area contributed by atoms with Crippen LogP contribution < -0.4 is 4.90 Å². The Labute approximate surface area is 136 Å². The monoisotopic (exact) mass is 306 g/mol. The maximum absolute atomic E-state index is 12.0. The van der Waals surface area contributed by atoms with Crippen LogP contribution in [0.2, 0.25) is 0 Å². The Morgan fingerprint density at radius 2 is 1.78 bits per heavy atom. The molecule has 1 saturated heterocycles. The molecule has 1 aliphatic rings. The first-order valence-corrected chi connectivity index (χ1v) is 7.53. The topological polar surface area (TPSA) is 42.4 Å². The van der Waals surface area contributed by atoms with E-state index < -0.39 is 5.60 Å². The van der Waals surface area contributed by atoms with Gasteiger partial charge in [-0.1, -0.05) is 30.0 Å². The minimum Gasteiger partial charge on any atom is -0.441 e. The predicted octanol–water partition coefficient (Wildman–Crippen LogP) is 3.61. The fourth-order valence-corrected chi connectivity index (χ4v) is 2.39. The van der Waals surface area contributed by atoms with Crippen LogP contribution in [0.15, 0.2) is 48.7 Å². The number of cyclic esters (lactones) is 1. The number of carbonyl (C=O) groups is 1. The van der Waals surface area contributed by atoms with Gasteiger partial charge >= 0.3 is 6.09 Å². The molecule has 0 unspecified atom stereocenters. The molecular weight excluding hydrogens is 288 g/mol. The third-order valence-corrected chi connectivity index (χ3v) is 4.06. The van der Waals surface area contributed by atoms with E-state index in [4.69, 9.17) is 4.74 Å². The zero-order chi connectivity index (χ0) is 16.4. The largest absolute Gasteiger partial charge is 0.441 e. The van der Waals surface area contributed by atoms with Crippen molar-refractivity contribution in [2.45, 2.75) is 32.4 Å². The summed E-state index contributed by atoms with van der Waals surface area (Å²) in [4.78, 5) is 18.0. The van der Waals surface area contributed by atoms with E-state index in [2.05, 4.69) is 16.8 Å². The van der Waals surface area contributed by atoms with Gasteiger partial charge < -0.3 is 4.74 Å². The summed E-state index contributed by atoms with van der Waals surface area (Å²) in [5.41, 5.74) is 1.23. The number of ether oxygens (including phenoxy) is 1. The zero-order valence-corrected chi connectivity index (χ0v) is 13.4. The smallest absolute Gasteiger partial charge is 0.416 e. The summed E-state index contributed by atoms with van der Waals surface area (Å²) < 4.78 is 5.38. The van der Waals surface area contributed by atoms with Crippen molar-refractivity contribution in [2.75, 3.05) is 4.90 Å². The number of aromatic nitrogens is 1. The van der Waals surface area contributed by atoms with Crippen molar-refractivity contribution in [3.05, 3.63) is 59.8 Å². The van der Waals surface area contributed by atoms with Gasteiger partial charge in [0.05, 0.1) is 6.04 Å². The molecule has 0 saturated carbocycles. The highest BCUT2D eigenvalue weighted by Gasteiger charge is 2.46. The summed E-state index contributed by atoms with van der Waals surface area (Å²) in [5.74, 6) is 6.74. The number of anilines is 1. The van der Waals surface area contributed by atoms with Crippen LogP contribution in [0.25, 0.3) is 0 Å². The Morgan fingerprint density at radius 1 is 1.09 bits per heavy atom. The third kappa shape index (κ3) is 3.04. The molecule has 23 heavy (non-hydrogen) atoms. The van der Waals surface area contributed by atoms with Gasteiger partial charge in [-0.2, -0.15) is 0 Å². The molecule has 0 radical (unpaired) electrons. The molecule has 1 atom stereocenters. The second-order valence-electron chi connectivity index (χ2n) is 6.04. The van der Waals surface area contributed by atoms with Gasteiger partial charge in [0.1, 0.15) is 11.4 Å². The van der Waals surface area contributed by atoms with Gasteiger partial charge in [-0.25, -0.2) is 9.78 Å². The Balaban J connectivity index is 1.81. The number of pyridine rings is 1. The SMILES string of the molecule is C[C@@H]1N(c2ccc(C#Cc3ccccc3)cn2)C(=O)OC1(C)C. The number of hydrogen-bond donors (Lipinski definition) is 0. The van der Waals surface area contributed by atoms with Gasteiger partial charge in [0.25, 0.3) is 0 Å². The zero-order valence-electron chi connectivity index (χ0n) is 13.4. The van der Waals surface area contributed by atoms with Crippen LogP contribution in [0.4, 0.5) is 10.6 Å². The molecule has 116 valence electrons. The van der Waals surface area contributed by atoms with E-state index in [-0.39, 0.29) is 12.1 Å². The van der Waals surface area contributed by atoms with Gasteiger partial charge in [0, 0.05) is 17.3 Å². The van der Waals surface area contributed by atoms with Crippen molar-refractivity contribution < 1.29 is 9.53 Å². The van der Waals surface area contributed by atoms with Crippen molar-refractivity contribution in [1.82, 2.24) is 4.98 Å². The maximum Gasteiger partial charge on any atom is 0.416 e. The molecule has 2 heterocycles. The van der Waals surface area contributed by atoms with Crippen LogP contribution in [0.3, 0.4) is 0 Å². The lowest BCUT2D eigenvalue weighted by molar-refractivity contribution is 0.0718. The van der Waals surface area contributed by atoms with E-state index in [1.54, 1.807) is 17.2 Å². The summed E-state index contributed by atoms with van der Waals surface area (Å²) in [6, 6.07) is 13.4. The van der Waals surface area contributed by atoms with Gasteiger partial charge in [0.2, 0.25) is 0 Å². The Hall–Kier alpha value is -2.80. The maximum atomic E-state index is 12.0. The van der Waals surface area contributed by atoms with Crippen LogP contribution >= 0.6 is 0 Å². The molecule has 0 bridgehead atoms. The van der Waals surface area contributed by atoms with Gasteiger partial charge in [0.15, 0.2) is 0 Å². The highest BCUT2D eigenvalue weighted by atomic mass is 16.6. The molecule has 3 rings (SSSR count). The van der Waals surface area contributed by atoms with E-state index in [1.165, 1.54) is 0 Å². The quantitative estimate of drug-likeness (QED) is 0.756. The lowest BCUT2D eigenvalue weighted by Crippen LogP contribution is -2.39. The van der Waals surface area contributed by atoms with Crippen LogP contribution in [0, 0.1) is 11.8 Å². The summed E-state index contributed by atoms with van der Waals surface area (Å²) in [5, 5.41) is 0. The number of rotatable bonds is 1. The van der Waals surface area contributed by atoms with Crippen LogP contribution in [-0.2, 0) is 4.74 Å². The molecule has 1 aliphatic heterocycles. The first-order valence-electron chi connectivity index (χ1n) is 7.53. The molecule has 1 aromatic heterocycles. The fourth-order valence-electron chi connectivity index (χ4n) is 2.39. The average molecular weight is 306 g/mol. The molecule has 0 aliphatic carbocycles. The number of benzene rings is 1. The van der Waals surface area contributed by atoms with E-state index in [0.717, 1.165) is 11.1 Å². The van der Waals surface area contributed by atoms with Crippen molar-refractivity contribution in [1.29, 1.82) is 0 Å². The highest BCUT2D eigenvalue weighted by molar-refractivity contribution is 5.90. The van der Waals surface area contributed by atoms with Crippen molar-refractivity contribution in [3.8, 4) is 11.8 Å². The Morgan fingerprint density at radius 3 is 2.35 bits per heavy atom. The van der Waals surface area contributed by atoms with Gasteiger partial charge in [-0.3, -0.25) is 4.90 Å². The molecule has 0 spiro atoms. The molecule has 2 aromatic rings. The third-order valence-electron chi connectivity index (χ3n) is 4.06. The predicted molar refractivity (Wildman–Crippen MR) is 89.2 cm³/mol. The molecular formula is C19H18N2O2. The molecule has 1 fully saturated rings. The van der Waals surface area contributed by atoms with Crippen molar-refractivity contribution in [3.63, 3.8) is 0 Å². The first-order chi connectivity index (χ1) is 11.0. The number of carbonyl (C=O) groups excluding carboxylic acids is 1. The Kier molecular flexibility index (Phi) is 3.79. The molecule has 0 N–H and O–H groups in total. The number of nitrogens with zero attached hydrogens (tertiary/aromatic N) is 2. The van der Waals surface area contributed by atoms with Crippen LogP contribution in [0.1, 0.15) is 31.9 Å². The Bertz CT molecular complexity index is 771. The van der Waals surface area contributed by atoms with Gasteiger partial charge in [-0.15, -0.1) is 0 Å². The second kappa shape index (κ2) is 5.77. The molecule has 4 nitrogen and oxygen atoms in total. The van der Waals surface area contributed by atoms with Crippen LogP contribution in [0.5, 0.6) is 0 Å². The van der Waals surface area contributed by atoms with E-state index >= 15 is 0 Å². The lowest BCUT2D eigenvalue weighted by Gasteiger charge is -2.24. The van der Waals surface area contributed by atoms with E-state index in [1.807, 2.05) is 57.2 Å². The van der Waals surface area contributed by atoms with Crippen molar-refractivity contribution in [2.24, 2.45) is 0 Å². The summed E-state index contributed by atoms with van der Waals surface area (Å²) in [7, 11) is 0. The first kappa shape index (κ1) is 15.1. The van der Waals surface area contributed by atoms with Gasteiger partial charge in [-0.05, 0) is 45.0 Å². The highest BCUT2D eigenvalue weighted by Crippen LogP contribution is 2.32. The summed E-state index contributed by atoms with van der Waals surface area (Å²) >= 11 is 0. The van der Waals surface area contributed by atoms with E-state index in [0.29, 0.717) is 5.82 Å². The normalized spacial score (nSPS) is 19.0. The second-order valence-corrected chi connectivity index (χ2v) is 6.04. The minimum absolute atomic E-state index is 0.0799. The summed E-state index contributed by atoms with van der Waals surface area (Å²) in [6.45, 7) is 5.75. The van der Waals surface area contributed by atoms with Crippen molar-refractivity contribution >= 4 is 11.9 Å². The van der Waals surface area contributed by atoms with E-state index in [9.17, 15) is 4.79 Å². The number of hydrogen-bond acceptors (Lipinski definition) is 3. The summed E-state index contributed by atoms with van der Waals surface area (Å²) in [6.07, 6.45) is 1.31. The fraction of sp³-hybridized carbons (Fsp3) is 0.263. The van der Waals surface area contributed by atoms with Crippen LogP contribution in [-0.4, -0.2) is 22.7 Å². The molecule has 4 heteroatoms. The molecule has 1 aromatic carbocycles. The lowest BCUT2D eigenvalue weighted by atomic mass is 10.0. The standard InChI is InChI=1S/C19H18N2O2/c1-14-19(2,3)23-18(22)21(14)17-12-11-16(13-20-17)10-9-15-7-5-4-6-8-15/h4-8,11-14H,1-3H3/t14-/m0/s1. The minimum atomic E-state index is -0.523.